The van der Waals surface area contributed by atoms with Gasteiger partial charge in [-0.1, -0.05) is 0 Å². The topological polar surface area (TPSA) is 118 Å². The van der Waals surface area contributed by atoms with E-state index in [2.05, 4.69) is 25.3 Å². The molecule has 9 nitrogen and oxygen atoms in total. The molecule has 0 unspecified atom stereocenters. The van der Waals surface area contributed by atoms with Gasteiger partial charge in [0.15, 0.2) is 0 Å². The molecule has 3 aromatic rings. The summed E-state index contributed by atoms with van der Waals surface area (Å²) in [5.74, 6) is 1.09. The monoisotopic (exact) mass is 400 g/mol. The van der Waals surface area contributed by atoms with Crippen molar-refractivity contribution in [3.63, 3.8) is 0 Å². The van der Waals surface area contributed by atoms with Gasteiger partial charge in [-0.25, -0.2) is 23.1 Å². The Kier molecular flexibility index (Phi) is 6.02. The molecule has 2 aromatic heterocycles. The fourth-order valence-corrected chi connectivity index (χ4v) is 3.48. The molecule has 10 heteroatoms. The van der Waals surface area contributed by atoms with Gasteiger partial charge in [0.25, 0.3) is 0 Å². The van der Waals surface area contributed by atoms with E-state index in [-0.39, 0.29) is 17.3 Å². The number of amides is 1. The standard InChI is InChI=1S/C18H20N6O3S/c1-14(25)23-15-4-6-16(7-5-15)28(26,27)22-9-8-19-17-12-18(21-13-20-17)24-10-2-3-11-24/h2-7,10-13,22H,8-9H2,1H3,(H,23,25)(H,19,20,21). The number of rotatable bonds is 8. The molecule has 0 spiro atoms. The molecule has 0 radical (unpaired) electrons. The van der Waals surface area contributed by atoms with Crippen LogP contribution in [0, 0.1) is 0 Å². The first-order valence-electron chi connectivity index (χ1n) is 8.51. The number of carbonyl (C=O) groups excluding carboxylic acids is 1. The lowest BCUT2D eigenvalue weighted by Gasteiger charge is -2.10. The molecular weight excluding hydrogens is 380 g/mol. The molecule has 0 aliphatic carbocycles. The van der Waals surface area contributed by atoms with Crippen molar-refractivity contribution in [1.82, 2.24) is 19.3 Å². The lowest BCUT2D eigenvalue weighted by molar-refractivity contribution is -0.114. The SMILES string of the molecule is CC(=O)Nc1ccc(S(=O)(=O)NCCNc2cc(-n3cccc3)ncn2)cc1. The predicted molar refractivity (Wildman–Crippen MR) is 106 cm³/mol. The summed E-state index contributed by atoms with van der Waals surface area (Å²) in [5, 5.41) is 5.65. The maximum absolute atomic E-state index is 12.3. The summed E-state index contributed by atoms with van der Waals surface area (Å²) in [6.07, 6.45) is 5.19. The van der Waals surface area contributed by atoms with Gasteiger partial charge >= 0.3 is 0 Å². The highest BCUT2D eigenvalue weighted by Gasteiger charge is 2.13. The van der Waals surface area contributed by atoms with Crippen LogP contribution in [0.5, 0.6) is 0 Å². The van der Waals surface area contributed by atoms with E-state index in [1.54, 1.807) is 6.07 Å². The van der Waals surface area contributed by atoms with E-state index in [1.807, 2.05) is 29.1 Å². The Labute approximate surface area is 162 Å². The van der Waals surface area contributed by atoms with Gasteiger partial charge in [0.2, 0.25) is 15.9 Å². The molecule has 3 N–H and O–H groups in total. The number of hydrogen-bond donors (Lipinski definition) is 3. The van der Waals surface area contributed by atoms with Crippen LogP contribution in [0.3, 0.4) is 0 Å². The van der Waals surface area contributed by atoms with Crippen molar-refractivity contribution in [3.05, 3.63) is 61.2 Å². The fraction of sp³-hybridized carbons (Fsp3) is 0.167. The molecular formula is C18H20N6O3S. The summed E-state index contributed by atoms with van der Waals surface area (Å²) >= 11 is 0. The van der Waals surface area contributed by atoms with E-state index in [0.29, 0.717) is 23.9 Å². The van der Waals surface area contributed by atoms with E-state index in [1.165, 1.54) is 37.5 Å². The van der Waals surface area contributed by atoms with Crippen molar-refractivity contribution in [2.75, 3.05) is 23.7 Å². The average molecular weight is 400 g/mol. The van der Waals surface area contributed by atoms with Gasteiger partial charge in [-0.15, -0.1) is 0 Å². The number of nitrogens with one attached hydrogen (secondary N) is 3. The highest BCUT2D eigenvalue weighted by atomic mass is 32.2. The first kappa shape index (κ1) is 19.5. The number of carbonyl (C=O) groups is 1. The number of aromatic nitrogens is 3. The summed E-state index contributed by atoms with van der Waals surface area (Å²) in [5.41, 5.74) is 0.537. The molecule has 0 saturated heterocycles. The van der Waals surface area contributed by atoms with E-state index >= 15 is 0 Å². The zero-order valence-corrected chi connectivity index (χ0v) is 16.0. The van der Waals surface area contributed by atoms with Gasteiger partial charge in [-0.3, -0.25) is 4.79 Å². The Hall–Kier alpha value is -3.24. The van der Waals surface area contributed by atoms with E-state index in [4.69, 9.17) is 0 Å². The van der Waals surface area contributed by atoms with Gasteiger partial charge in [0.1, 0.15) is 18.0 Å². The maximum atomic E-state index is 12.3. The quantitative estimate of drug-likeness (QED) is 0.495. The van der Waals surface area contributed by atoms with E-state index < -0.39 is 10.0 Å². The van der Waals surface area contributed by atoms with E-state index in [0.717, 1.165) is 0 Å². The van der Waals surface area contributed by atoms with Crippen LogP contribution < -0.4 is 15.4 Å². The van der Waals surface area contributed by atoms with Crippen molar-refractivity contribution in [1.29, 1.82) is 0 Å². The third-order valence-electron chi connectivity index (χ3n) is 3.73. The van der Waals surface area contributed by atoms with Crippen molar-refractivity contribution in [2.45, 2.75) is 11.8 Å². The van der Waals surface area contributed by atoms with Gasteiger partial charge in [-0.05, 0) is 36.4 Å². The lowest BCUT2D eigenvalue weighted by atomic mass is 10.3. The van der Waals surface area contributed by atoms with Crippen LogP contribution >= 0.6 is 0 Å². The van der Waals surface area contributed by atoms with Crippen LogP contribution in [0.15, 0.2) is 66.1 Å². The molecule has 28 heavy (non-hydrogen) atoms. The summed E-state index contributed by atoms with van der Waals surface area (Å²) in [6, 6.07) is 11.5. The van der Waals surface area contributed by atoms with Gasteiger partial charge in [0, 0.05) is 44.2 Å². The third kappa shape index (κ3) is 5.15. The van der Waals surface area contributed by atoms with Crippen LogP contribution in [0.2, 0.25) is 0 Å². The molecule has 0 aliphatic rings. The van der Waals surface area contributed by atoms with Crippen LogP contribution in [0.4, 0.5) is 11.5 Å². The second-order valence-corrected chi connectivity index (χ2v) is 7.65. The Morgan fingerprint density at radius 2 is 1.79 bits per heavy atom. The molecule has 0 atom stereocenters. The highest BCUT2D eigenvalue weighted by molar-refractivity contribution is 7.89. The molecule has 0 fully saturated rings. The van der Waals surface area contributed by atoms with Crippen molar-refractivity contribution >= 4 is 27.4 Å². The van der Waals surface area contributed by atoms with Crippen LogP contribution in [0.25, 0.3) is 5.82 Å². The zero-order chi connectivity index (χ0) is 20.0. The van der Waals surface area contributed by atoms with E-state index in [9.17, 15) is 13.2 Å². The highest BCUT2D eigenvalue weighted by Crippen LogP contribution is 2.14. The van der Waals surface area contributed by atoms with Crippen molar-refractivity contribution < 1.29 is 13.2 Å². The minimum atomic E-state index is -3.64. The van der Waals surface area contributed by atoms with Crippen LogP contribution in [0.1, 0.15) is 6.92 Å². The summed E-state index contributed by atoms with van der Waals surface area (Å²) in [6.45, 7) is 1.92. The maximum Gasteiger partial charge on any atom is 0.240 e. The number of benzene rings is 1. The summed E-state index contributed by atoms with van der Waals surface area (Å²) in [4.78, 5) is 19.5. The van der Waals surface area contributed by atoms with Crippen molar-refractivity contribution in [3.8, 4) is 5.82 Å². The number of sulfonamides is 1. The molecule has 146 valence electrons. The minimum Gasteiger partial charge on any atom is -0.369 e. The number of nitrogens with zero attached hydrogens (tertiary/aromatic N) is 3. The minimum absolute atomic E-state index is 0.124. The molecule has 0 aliphatic heterocycles. The third-order valence-corrected chi connectivity index (χ3v) is 5.21. The normalized spacial score (nSPS) is 11.2. The second-order valence-electron chi connectivity index (χ2n) is 5.88. The molecule has 0 bridgehead atoms. The smallest absolute Gasteiger partial charge is 0.240 e. The van der Waals surface area contributed by atoms with Gasteiger partial charge < -0.3 is 15.2 Å². The molecule has 0 saturated carbocycles. The largest absolute Gasteiger partial charge is 0.369 e. The predicted octanol–water partition coefficient (Wildman–Crippen LogP) is 1.62. The fourth-order valence-electron chi connectivity index (χ4n) is 2.45. The Morgan fingerprint density at radius 1 is 1.07 bits per heavy atom. The number of hydrogen-bond acceptors (Lipinski definition) is 6. The number of anilines is 2. The van der Waals surface area contributed by atoms with Crippen LogP contribution in [-0.2, 0) is 14.8 Å². The van der Waals surface area contributed by atoms with Crippen LogP contribution in [-0.4, -0.2) is 41.9 Å². The zero-order valence-electron chi connectivity index (χ0n) is 15.2. The summed E-state index contributed by atoms with van der Waals surface area (Å²) in [7, 11) is -3.64. The van der Waals surface area contributed by atoms with Crippen molar-refractivity contribution in [2.24, 2.45) is 0 Å². The molecule has 2 heterocycles. The average Bonchev–Trinajstić information content (AvgIpc) is 3.20. The first-order chi connectivity index (χ1) is 13.4. The van der Waals surface area contributed by atoms with Gasteiger partial charge in [-0.2, -0.15) is 0 Å². The second kappa shape index (κ2) is 8.63. The molecule has 1 amide bonds. The molecule has 3 rings (SSSR count). The van der Waals surface area contributed by atoms with Gasteiger partial charge in [0.05, 0.1) is 4.90 Å². The molecule has 1 aromatic carbocycles. The summed E-state index contributed by atoms with van der Waals surface area (Å²) < 4.78 is 29.0. The first-order valence-corrected chi connectivity index (χ1v) is 9.99. The Bertz CT molecular complexity index is 1030. The Morgan fingerprint density at radius 3 is 2.46 bits per heavy atom. The Balaban J connectivity index is 1.53. The lowest BCUT2D eigenvalue weighted by Crippen LogP contribution is -2.29.